The molecule has 0 radical (unpaired) electrons. The fraction of sp³-hybridized carbons (Fsp3) is 0.462. The number of nitrogens with zero attached hydrogens (tertiary/aromatic N) is 2. The van der Waals surface area contributed by atoms with E-state index in [9.17, 15) is 18.0 Å². The molecule has 0 aliphatic rings. The minimum Gasteiger partial charge on any atom is -0.350 e. The fourth-order valence-electron chi connectivity index (χ4n) is 3.66. The van der Waals surface area contributed by atoms with E-state index in [0.29, 0.717) is 18.7 Å². The van der Waals surface area contributed by atoms with Crippen molar-refractivity contribution in [1.29, 1.82) is 0 Å². The van der Waals surface area contributed by atoms with Crippen molar-refractivity contribution in [2.24, 2.45) is 0 Å². The Balaban J connectivity index is 2.17. The summed E-state index contributed by atoms with van der Waals surface area (Å²) in [7, 11) is -3.51. The van der Waals surface area contributed by atoms with Crippen LogP contribution in [-0.4, -0.2) is 49.5 Å². The number of amides is 2. The molecule has 0 aliphatic carbocycles. The number of carbonyl (C=O) groups excluding carboxylic acids is 2. The smallest absolute Gasteiger partial charge is 0.242 e. The van der Waals surface area contributed by atoms with Gasteiger partial charge in [0, 0.05) is 25.0 Å². The zero-order valence-corrected chi connectivity index (χ0v) is 21.9. The first-order valence-corrected chi connectivity index (χ1v) is 13.3. The molecule has 1 unspecified atom stereocenters. The highest BCUT2D eigenvalue weighted by atomic mass is 32.2. The predicted molar refractivity (Wildman–Crippen MR) is 137 cm³/mol. The molecule has 2 aromatic carbocycles. The Morgan fingerprint density at radius 2 is 1.59 bits per heavy atom. The van der Waals surface area contributed by atoms with Crippen LogP contribution in [0.4, 0.5) is 5.69 Å². The van der Waals surface area contributed by atoms with Gasteiger partial charge in [0.2, 0.25) is 21.8 Å². The molecule has 34 heavy (non-hydrogen) atoms. The molecule has 7 nitrogen and oxygen atoms in total. The monoisotopic (exact) mass is 487 g/mol. The molecule has 0 saturated carbocycles. The van der Waals surface area contributed by atoms with Gasteiger partial charge in [0.1, 0.15) is 6.04 Å². The standard InChI is InChI=1S/C26H37N3O4S/c1-20-13-10-11-16-23(20)29(34(6,32)33)18-12-17-24(30)28(19-22-14-8-7-9-15-22)21(2)25(31)27-26(3,4)5/h7-11,13-16,21H,12,17-19H2,1-6H3,(H,27,31). The highest BCUT2D eigenvalue weighted by molar-refractivity contribution is 7.92. The first-order chi connectivity index (χ1) is 15.8. The van der Waals surface area contributed by atoms with Crippen molar-refractivity contribution in [3.05, 3.63) is 65.7 Å². The van der Waals surface area contributed by atoms with E-state index in [2.05, 4.69) is 5.32 Å². The summed E-state index contributed by atoms with van der Waals surface area (Å²) in [4.78, 5) is 27.7. The van der Waals surface area contributed by atoms with E-state index >= 15 is 0 Å². The molecule has 0 aromatic heterocycles. The summed E-state index contributed by atoms with van der Waals surface area (Å²) in [6.07, 6.45) is 1.62. The highest BCUT2D eigenvalue weighted by Gasteiger charge is 2.28. The van der Waals surface area contributed by atoms with Crippen LogP contribution < -0.4 is 9.62 Å². The maximum atomic E-state index is 13.3. The topological polar surface area (TPSA) is 86.8 Å². The molecule has 2 amide bonds. The third kappa shape index (κ3) is 8.17. The van der Waals surface area contributed by atoms with Gasteiger partial charge in [-0.1, -0.05) is 48.5 Å². The van der Waals surface area contributed by atoms with E-state index < -0.39 is 21.6 Å². The van der Waals surface area contributed by atoms with Crippen LogP contribution in [-0.2, 0) is 26.2 Å². The summed E-state index contributed by atoms with van der Waals surface area (Å²) in [6, 6.07) is 16.1. The van der Waals surface area contributed by atoms with Crippen molar-refractivity contribution in [2.45, 2.75) is 65.6 Å². The van der Waals surface area contributed by atoms with Gasteiger partial charge in [-0.25, -0.2) is 8.42 Å². The van der Waals surface area contributed by atoms with E-state index in [1.807, 2.05) is 70.2 Å². The summed E-state index contributed by atoms with van der Waals surface area (Å²) in [5, 5.41) is 2.94. The molecule has 1 atom stereocenters. The highest BCUT2D eigenvalue weighted by Crippen LogP contribution is 2.23. The average Bonchev–Trinajstić information content (AvgIpc) is 2.74. The molecule has 0 aliphatic heterocycles. The predicted octanol–water partition coefficient (Wildman–Crippen LogP) is 3.87. The number of para-hydroxylation sites is 1. The summed E-state index contributed by atoms with van der Waals surface area (Å²) >= 11 is 0. The molecule has 0 saturated heterocycles. The van der Waals surface area contributed by atoms with Crippen molar-refractivity contribution in [2.75, 3.05) is 17.1 Å². The lowest BCUT2D eigenvalue weighted by Gasteiger charge is -2.32. The molecular formula is C26H37N3O4S. The second kappa shape index (κ2) is 11.5. The second-order valence-electron chi connectivity index (χ2n) is 9.65. The van der Waals surface area contributed by atoms with Gasteiger partial charge >= 0.3 is 0 Å². The second-order valence-corrected chi connectivity index (χ2v) is 11.6. The van der Waals surface area contributed by atoms with Gasteiger partial charge in [0.15, 0.2) is 0 Å². The van der Waals surface area contributed by atoms with Crippen LogP contribution in [0.2, 0.25) is 0 Å². The molecule has 186 valence electrons. The van der Waals surface area contributed by atoms with E-state index in [0.717, 1.165) is 11.1 Å². The zero-order valence-electron chi connectivity index (χ0n) is 21.0. The lowest BCUT2D eigenvalue weighted by Crippen LogP contribution is -2.52. The Morgan fingerprint density at radius 3 is 2.15 bits per heavy atom. The Hall–Kier alpha value is -2.87. The zero-order chi connectivity index (χ0) is 25.5. The first kappa shape index (κ1) is 27.4. The van der Waals surface area contributed by atoms with Crippen LogP contribution in [0.15, 0.2) is 54.6 Å². The van der Waals surface area contributed by atoms with Gasteiger partial charge in [0.25, 0.3) is 0 Å². The van der Waals surface area contributed by atoms with Crippen LogP contribution in [0.3, 0.4) is 0 Å². The van der Waals surface area contributed by atoms with E-state index in [1.54, 1.807) is 24.0 Å². The Labute approximate surface area is 204 Å². The summed E-state index contributed by atoms with van der Waals surface area (Å²) in [6.45, 7) is 9.74. The lowest BCUT2D eigenvalue weighted by atomic mass is 10.1. The third-order valence-corrected chi connectivity index (χ3v) is 6.58. The van der Waals surface area contributed by atoms with Gasteiger partial charge < -0.3 is 10.2 Å². The van der Waals surface area contributed by atoms with Crippen molar-refractivity contribution in [3.8, 4) is 0 Å². The van der Waals surface area contributed by atoms with Crippen LogP contribution >= 0.6 is 0 Å². The SMILES string of the molecule is Cc1ccccc1N(CCCC(=O)N(Cc1ccccc1)C(C)C(=O)NC(C)(C)C)S(C)(=O)=O. The summed E-state index contributed by atoms with van der Waals surface area (Å²) in [5.74, 6) is -0.423. The van der Waals surface area contributed by atoms with Crippen LogP contribution in [0, 0.1) is 6.92 Å². The Morgan fingerprint density at radius 1 is 1.00 bits per heavy atom. The van der Waals surface area contributed by atoms with E-state index in [-0.39, 0.29) is 24.8 Å². The number of benzene rings is 2. The van der Waals surface area contributed by atoms with Gasteiger partial charge in [-0.15, -0.1) is 0 Å². The molecule has 0 bridgehead atoms. The Bertz CT molecular complexity index is 1080. The average molecular weight is 488 g/mol. The van der Waals surface area contributed by atoms with Crippen molar-refractivity contribution < 1.29 is 18.0 Å². The first-order valence-electron chi connectivity index (χ1n) is 11.5. The van der Waals surface area contributed by atoms with Crippen molar-refractivity contribution in [1.82, 2.24) is 10.2 Å². The minimum absolute atomic E-state index is 0.123. The maximum absolute atomic E-state index is 13.3. The normalized spacial score (nSPS) is 12.6. The minimum atomic E-state index is -3.51. The third-order valence-electron chi connectivity index (χ3n) is 5.40. The number of rotatable bonds is 10. The Kier molecular flexibility index (Phi) is 9.27. The van der Waals surface area contributed by atoms with Crippen molar-refractivity contribution in [3.63, 3.8) is 0 Å². The summed E-state index contributed by atoms with van der Waals surface area (Å²) in [5.41, 5.74) is 1.95. The maximum Gasteiger partial charge on any atom is 0.242 e. The largest absolute Gasteiger partial charge is 0.350 e. The molecule has 0 spiro atoms. The van der Waals surface area contributed by atoms with Gasteiger partial charge in [0.05, 0.1) is 11.9 Å². The van der Waals surface area contributed by atoms with E-state index in [4.69, 9.17) is 0 Å². The molecular weight excluding hydrogens is 450 g/mol. The number of anilines is 1. The van der Waals surface area contributed by atoms with Crippen molar-refractivity contribution >= 4 is 27.5 Å². The molecule has 2 rings (SSSR count). The number of sulfonamides is 1. The lowest BCUT2D eigenvalue weighted by molar-refractivity contribution is -0.141. The van der Waals surface area contributed by atoms with Crippen LogP contribution in [0.1, 0.15) is 51.7 Å². The number of hydrogen-bond acceptors (Lipinski definition) is 4. The number of aryl methyl sites for hydroxylation is 1. The van der Waals surface area contributed by atoms with Gasteiger partial charge in [-0.3, -0.25) is 13.9 Å². The van der Waals surface area contributed by atoms with Gasteiger partial charge in [-0.2, -0.15) is 0 Å². The summed E-state index contributed by atoms with van der Waals surface area (Å²) < 4.78 is 26.2. The van der Waals surface area contributed by atoms with Crippen LogP contribution in [0.25, 0.3) is 0 Å². The molecule has 0 heterocycles. The molecule has 2 aromatic rings. The number of carbonyl (C=O) groups is 2. The van der Waals surface area contributed by atoms with Gasteiger partial charge in [-0.05, 0) is 58.2 Å². The van der Waals surface area contributed by atoms with Crippen LogP contribution in [0.5, 0.6) is 0 Å². The fourth-order valence-corrected chi connectivity index (χ4v) is 4.69. The molecule has 1 N–H and O–H groups in total. The number of hydrogen-bond donors (Lipinski definition) is 1. The number of nitrogens with one attached hydrogen (secondary N) is 1. The molecule has 8 heteroatoms. The quantitative estimate of drug-likeness (QED) is 0.551. The van der Waals surface area contributed by atoms with E-state index in [1.165, 1.54) is 10.6 Å². The molecule has 0 fully saturated rings.